The van der Waals surface area contributed by atoms with Crippen molar-refractivity contribution >= 4 is 11.9 Å². The first kappa shape index (κ1) is 14.1. The number of fused-ring (bicyclic) bond motifs is 2. The number of amides is 1. The fraction of sp³-hybridized carbons (Fsp3) is 0.600. The van der Waals surface area contributed by atoms with Gasteiger partial charge in [0, 0.05) is 12.1 Å². The topological polar surface area (TPSA) is 82.8 Å². The molecule has 4 unspecified atom stereocenters. The maximum Gasteiger partial charge on any atom is 0.308 e. The van der Waals surface area contributed by atoms with Crippen molar-refractivity contribution in [1.82, 2.24) is 10.2 Å². The standard InChI is InChI=1S/C15H20N2O4/c1-9(13-3-2-6-21-13)16-14(18)8-17-10-4-5-12(17)11(7-10)15(19)20/h2-3,6,9-12H,4-5,7-8H2,1H3,(H,16,18)(H,19,20). The molecule has 2 aliphatic heterocycles. The second-order valence-corrected chi connectivity index (χ2v) is 5.96. The van der Waals surface area contributed by atoms with Gasteiger partial charge in [-0.05, 0) is 38.3 Å². The summed E-state index contributed by atoms with van der Waals surface area (Å²) in [6.45, 7) is 2.14. The molecule has 1 amide bonds. The summed E-state index contributed by atoms with van der Waals surface area (Å²) in [6.07, 6.45) is 4.12. The molecule has 0 radical (unpaired) electrons. The van der Waals surface area contributed by atoms with Crippen LogP contribution in [0.3, 0.4) is 0 Å². The van der Waals surface area contributed by atoms with Crippen LogP contribution >= 0.6 is 0 Å². The molecular weight excluding hydrogens is 272 g/mol. The van der Waals surface area contributed by atoms with Gasteiger partial charge in [-0.1, -0.05) is 0 Å². The SMILES string of the molecule is CC(NC(=O)CN1C2CCC1C(C(=O)O)C2)c1ccco1. The third-order valence-corrected chi connectivity index (χ3v) is 4.67. The van der Waals surface area contributed by atoms with Gasteiger partial charge < -0.3 is 14.8 Å². The minimum absolute atomic E-state index is 0.0113. The van der Waals surface area contributed by atoms with Gasteiger partial charge in [-0.3, -0.25) is 14.5 Å². The zero-order chi connectivity index (χ0) is 15.0. The van der Waals surface area contributed by atoms with Gasteiger partial charge in [0.1, 0.15) is 5.76 Å². The van der Waals surface area contributed by atoms with Gasteiger partial charge in [-0.2, -0.15) is 0 Å². The number of nitrogens with zero attached hydrogens (tertiary/aromatic N) is 1. The lowest BCUT2D eigenvalue weighted by Crippen LogP contribution is -2.41. The molecule has 0 aliphatic carbocycles. The fourth-order valence-electron chi connectivity index (χ4n) is 3.67. The van der Waals surface area contributed by atoms with Crippen molar-refractivity contribution in [2.24, 2.45) is 5.92 Å². The number of hydrogen-bond acceptors (Lipinski definition) is 4. The zero-order valence-corrected chi connectivity index (χ0v) is 12.0. The van der Waals surface area contributed by atoms with E-state index in [2.05, 4.69) is 10.2 Å². The number of carbonyl (C=O) groups excluding carboxylic acids is 1. The Bertz CT molecular complexity index is 528. The number of carboxylic acids is 1. The maximum atomic E-state index is 12.2. The molecule has 0 saturated carbocycles. The number of carbonyl (C=O) groups is 2. The summed E-state index contributed by atoms with van der Waals surface area (Å²) < 4.78 is 5.26. The average molecular weight is 292 g/mol. The van der Waals surface area contributed by atoms with E-state index >= 15 is 0 Å². The summed E-state index contributed by atoms with van der Waals surface area (Å²) in [7, 11) is 0. The molecule has 2 aliphatic rings. The predicted molar refractivity (Wildman–Crippen MR) is 74.5 cm³/mol. The summed E-state index contributed by atoms with van der Waals surface area (Å²) in [5, 5.41) is 12.1. The highest BCUT2D eigenvalue weighted by Crippen LogP contribution is 2.41. The molecule has 6 heteroatoms. The molecule has 6 nitrogen and oxygen atoms in total. The highest BCUT2D eigenvalue weighted by molar-refractivity contribution is 5.79. The predicted octanol–water partition coefficient (Wildman–Crippen LogP) is 1.39. The van der Waals surface area contributed by atoms with Crippen LogP contribution in [-0.2, 0) is 9.59 Å². The number of rotatable bonds is 5. The Morgan fingerprint density at radius 3 is 2.95 bits per heavy atom. The lowest BCUT2D eigenvalue weighted by Gasteiger charge is -2.23. The monoisotopic (exact) mass is 292 g/mol. The van der Waals surface area contributed by atoms with E-state index in [9.17, 15) is 14.7 Å². The lowest BCUT2D eigenvalue weighted by atomic mass is 9.89. The average Bonchev–Trinajstić information content (AvgIpc) is 3.14. The van der Waals surface area contributed by atoms with Gasteiger partial charge in [0.05, 0.1) is 24.8 Å². The van der Waals surface area contributed by atoms with Crippen molar-refractivity contribution in [3.8, 4) is 0 Å². The Kier molecular flexibility index (Phi) is 3.71. The van der Waals surface area contributed by atoms with Crippen molar-refractivity contribution < 1.29 is 19.1 Å². The summed E-state index contributed by atoms with van der Waals surface area (Å²) in [5.41, 5.74) is 0. The number of carboxylic acid groups (broad SMARTS) is 1. The Labute approximate surface area is 123 Å². The maximum absolute atomic E-state index is 12.2. The third kappa shape index (κ3) is 2.68. The van der Waals surface area contributed by atoms with Crippen LogP contribution in [0.1, 0.15) is 38.0 Å². The molecule has 1 aromatic rings. The number of aliphatic carboxylic acids is 1. The first-order valence-corrected chi connectivity index (χ1v) is 7.37. The summed E-state index contributed by atoms with van der Waals surface area (Å²) >= 11 is 0. The number of hydrogen-bond donors (Lipinski definition) is 2. The molecular formula is C15H20N2O4. The normalized spacial score (nSPS) is 29.5. The van der Waals surface area contributed by atoms with Gasteiger partial charge in [0.25, 0.3) is 0 Å². The molecule has 0 spiro atoms. The fourth-order valence-corrected chi connectivity index (χ4v) is 3.67. The van der Waals surface area contributed by atoms with Gasteiger partial charge in [-0.15, -0.1) is 0 Å². The van der Waals surface area contributed by atoms with Crippen LogP contribution in [0.15, 0.2) is 22.8 Å². The zero-order valence-electron chi connectivity index (χ0n) is 12.0. The molecule has 3 rings (SSSR count). The van der Waals surface area contributed by atoms with E-state index in [-0.39, 0.29) is 36.5 Å². The van der Waals surface area contributed by atoms with E-state index < -0.39 is 5.97 Å². The number of nitrogens with one attached hydrogen (secondary N) is 1. The highest BCUT2D eigenvalue weighted by Gasteiger charge is 2.49. The molecule has 0 aromatic carbocycles. The van der Waals surface area contributed by atoms with Crippen molar-refractivity contribution in [3.63, 3.8) is 0 Å². The van der Waals surface area contributed by atoms with Crippen LogP contribution in [0.5, 0.6) is 0 Å². The van der Waals surface area contributed by atoms with Crippen molar-refractivity contribution in [1.29, 1.82) is 0 Å². The van der Waals surface area contributed by atoms with Crippen molar-refractivity contribution in [2.45, 2.75) is 44.3 Å². The second kappa shape index (κ2) is 5.52. The largest absolute Gasteiger partial charge is 0.481 e. The number of furan rings is 1. The quantitative estimate of drug-likeness (QED) is 0.857. The van der Waals surface area contributed by atoms with E-state index in [1.54, 1.807) is 12.3 Å². The van der Waals surface area contributed by atoms with Gasteiger partial charge in [0.15, 0.2) is 0 Å². The minimum atomic E-state index is -0.739. The van der Waals surface area contributed by atoms with E-state index in [4.69, 9.17) is 4.42 Å². The molecule has 2 saturated heterocycles. The molecule has 2 N–H and O–H groups in total. The Hall–Kier alpha value is -1.82. The molecule has 21 heavy (non-hydrogen) atoms. The molecule has 2 fully saturated rings. The van der Waals surface area contributed by atoms with Crippen LogP contribution in [0.2, 0.25) is 0 Å². The van der Waals surface area contributed by atoms with Crippen LogP contribution in [-0.4, -0.2) is 40.5 Å². The second-order valence-electron chi connectivity index (χ2n) is 5.96. The molecule has 2 bridgehead atoms. The van der Waals surface area contributed by atoms with E-state index in [0.717, 1.165) is 18.6 Å². The first-order chi connectivity index (χ1) is 10.1. The Morgan fingerprint density at radius 2 is 2.33 bits per heavy atom. The summed E-state index contributed by atoms with van der Waals surface area (Å²) in [6, 6.07) is 3.68. The van der Waals surface area contributed by atoms with Crippen LogP contribution in [0, 0.1) is 5.92 Å². The highest BCUT2D eigenvalue weighted by atomic mass is 16.4. The smallest absolute Gasteiger partial charge is 0.308 e. The molecule has 3 heterocycles. The minimum Gasteiger partial charge on any atom is -0.481 e. The van der Waals surface area contributed by atoms with Crippen molar-refractivity contribution in [3.05, 3.63) is 24.2 Å². The Balaban J connectivity index is 1.57. The van der Waals surface area contributed by atoms with E-state index in [1.807, 2.05) is 13.0 Å². The molecule has 4 atom stereocenters. The van der Waals surface area contributed by atoms with Crippen molar-refractivity contribution in [2.75, 3.05) is 6.54 Å². The molecule has 1 aromatic heterocycles. The third-order valence-electron chi connectivity index (χ3n) is 4.67. The van der Waals surface area contributed by atoms with Crippen LogP contribution in [0.4, 0.5) is 0 Å². The van der Waals surface area contributed by atoms with E-state index in [1.165, 1.54) is 0 Å². The summed E-state index contributed by atoms with van der Waals surface area (Å²) in [5.74, 6) is -0.423. The van der Waals surface area contributed by atoms with Crippen LogP contribution in [0.25, 0.3) is 0 Å². The Morgan fingerprint density at radius 1 is 1.52 bits per heavy atom. The van der Waals surface area contributed by atoms with E-state index in [0.29, 0.717) is 6.42 Å². The van der Waals surface area contributed by atoms with Gasteiger partial charge in [-0.25, -0.2) is 0 Å². The lowest BCUT2D eigenvalue weighted by molar-refractivity contribution is -0.143. The molecule has 114 valence electrons. The van der Waals surface area contributed by atoms with Crippen LogP contribution < -0.4 is 5.32 Å². The summed E-state index contributed by atoms with van der Waals surface area (Å²) in [4.78, 5) is 25.4. The first-order valence-electron chi connectivity index (χ1n) is 7.37. The van der Waals surface area contributed by atoms with Gasteiger partial charge >= 0.3 is 5.97 Å². The van der Waals surface area contributed by atoms with Gasteiger partial charge in [0.2, 0.25) is 5.91 Å².